The Hall–Kier alpha value is -4.00. The van der Waals surface area contributed by atoms with Crippen LogP contribution in [0.2, 0.25) is 5.02 Å². The fraction of sp³-hybridized carbons (Fsp3) is 0.217. The van der Waals surface area contributed by atoms with E-state index in [2.05, 4.69) is 15.1 Å². The molecule has 194 valence electrons. The van der Waals surface area contributed by atoms with Crippen molar-refractivity contribution >= 4 is 11.6 Å². The highest BCUT2D eigenvalue weighted by Crippen LogP contribution is 2.37. The molecule has 37 heavy (non-hydrogen) atoms. The fourth-order valence-corrected chi connectivity index (χ4v) is 3.48. The number of rotatable bonds is 8. The topological polar surface area (TPSA) is 84.1 Å². The molecule has 0 aliphatic heterocycles. The summed E-state index contributed by atoms with van der Waals surface area (Å²) < 4.78 is 80.8. The van der Waals surface area contributed by atoms with E-state index in [1.54, 1.807) is 17.9 Å². The van der Waals surface area contributed by atoms with Crippen molar-refractivity contribution in [2.24, 2.45) is 7.05 Å². The third-order valence-electron chi connectivity index (χ3n) is 4.98. The summed E-state index contributed by atoms with van der Waals surface area (Å²) in [7, 11) is 1.71. The zero-order valence-corrected chi connectivity index (χ0v) is 19.7. The Labute approximate surface area is 210 Å². The predicted octanol–water partition coefficient (Wildman–Crippen LogP) is 4.78. The zero-order valence-electron chi connectivity index (χ0n) is 19.0. The molecule has 0 aliphatic rings. The lowest BCUT2D eigenvalue weighted by Gasteiger charge is -2.12. The molecular formula is C23H17ClF5N5O3. The molecule has 0 aliphatic carbocycles. The first-order valence-electron chi connectivity index (χ1n) is 10.6. The van der Waals surface area contributed by atoms with Crippen molar-refractivity contribution in [2.45, 2.75) is 19.1 Å². The van der Waals surface area contributed by atoms with E-state index >= 15 is 0 Å². The molecule has 4 aromatic rings. The molecule has 0 radical (unpaired) electrons. The van der Waals surface area contributed by atoms with E-state index in [4.69, 9.17) is 21.1 Å². The van der Waals surface area contributed by atoms with Gasteiger partial charge in [0.15, 0.2) is 5.82 Å². The van der Waals surface area contributed by atoms with Crippen LogP contribution in [-0.2, 0) is 26.2 Å². The summed E-state index contributed by atoms with van der Waals surface area (Å²) in [6.45, 7) is -0.0901. The largest absolute Gasteiger partial charge is 0.475 e. The maximum absolute atomic E-state index is 14.4. The van der Waals surface area contributed by atoms with Crippen LogP contribution in [0.15, 0.2) is 53.8 Å². The van der Waals surface area contributed by atoms with Crippen molar-refractivity contribution in [2.75, 3.05) is 6.61 Å². The fourth-order valence-electron chi connectivity index (χ4n) is 3.26. The molecule has 0 amide bonds. The Bertz CT molecular complexity index is 1490. The van der Waals surface area contributed by atoms with Gasteiger partial charge in [0.2, 0.25) is 5.82 Å². The summed E-state index contributed by atoms with van der Waals surface area (Å²) in [5, 5.41) is 3.45. The van der Waals surface area contributed by atoms with Gasteiger partial charge in [0.25, 0.3) is 11.8 Å². The van der Waals surface area contributed by atoms with Crippen LogP contribution in [0.3, 0.4) is 0 Å². The second kappa shape index (κ2) is 10.5. The number of nitrogens with zero attached hydrogens (tertiary/aromatic N) is 5. The van der Waals surface area contributed by atoms with Crippen molar-refractivity contribution in [1.82, 2.24) is 24.3 Å². The summed E-state index contributed by atoms with van der Waals surface area (Å²) in [5.41, 5.74) is -0.864. The highest BCUT2D eigenvalue weighted by molar-refractivity contribution is 6.31. The van der Waals surface area contributed by atoms with Crippen LogP contribution in [0.1, 0.15) is 16.7 Å². The molecular weight excluding hydrogens is 525 g/mol. The van der Waals surface area contributed by atoms with Crippen LogP contribution < -0.4 is 15.2 Å². The molecule has 0 fully saturated rings. The Morgan fingerprint density at radius 1 is 1.03 bits per heavy atom. The summed E-state index contributed by atoms with van der Waals surface area (Å²) >= 11 is 5.56. The number of aryl methyl sites for hydroxylation is 1. The van der Waals surface area contributed by atoms with Crippen molar-refractivity contribution in [1.29, 1.82) is 0 Å². The highest BCUT2D eigenvalue weighted by atomic mass is 35.5. The van der Waals surface area contributed by atoms with Gasteiger partial charge in [0.05, 0.1) is 36.1 Å². The molecule has 1 aromatic carbocycles. The average Bonchev–Trinajstić information content (AvgIpc) is 3.23. The van der Waals surface area contributed by atoms with Crippen LogP contribution in [0.25, 0.3) is 0 Å². The minimum Gasteiger partial charge on any atom is -0.475 e. The first kappa shape index (κ1) is 26.1. The molecule has 0 saturated heterocycles. The van der Waals surface area contributed by atoms with Gasteiger partial charge in [-0.1, -0.05) is 11.6 Å². The zero-order chi connectivity index (χ0) is 26.7. The van der Waals surface area contributed by atoms with Gasteiger partial charge in [-0.15, -0.1) is 0 Å². The Balaban J connectivity index is 1.38. The van der Waals surface area contributed by atoms with Crippen molar-refractivity contribution in [3.63, 3.8) is 0 Å². The number of hydrogen-bond acceptors (Lipinski definition) is 6. The number of ether oxygens (including phenoxy) is 2. The average molecular weight is 542 g/mol. The molecule has 8 nitrogen and oxygen atoms in total. The van der Waals surface area contributed by atoms with E-state index in [0.29, 0.717) is 17.2 Å². The van der Waals surface area contributed by atoms with E-state index in [1.165, 1.54) is 12.4 Å². The molecule has 4 rings (SSSR count). The van der Waals surface area contributed by atoms with Gasteiger partial charge < -0.3 is 9.47 Å². The van der Waals surface area contributed by atoms with Gasteiger partial charge in [-0.3, -0.25) is 9.25 Å². The van der Waals surface area contributed by atoms with Gasteiger partial charge in [-0.05, 0) is 29.8 Å². The minimum atomic E-state index is -4.72. The third kappa shape index (κ3) is 6.42. The maximum atomic E-state index is 14.4. The van der Waals surface area contributed by atoms with Crippen molar-refractivity contribution in [3.8, 4) is 17.5 Å². The van der Waals surface area contributed by atoms with E-state index in [1.807, 2.05) is 0 Å². The summed E-state index contributed by atoms with van der Waals surface area (Å²) in [6.07, 6.45) is 0.736. The molecule has 0 spiro atoms. The van der Waals surface area contributed by atoms with Gasteiger partial charge in [0.1, 0.15) is 5.75 Å². The number of benzene rings is 1. The van der Waals surface area contributed by atoms with Gasteiger partial charge in [0, 0.05) is 31.4 Å². The lowest BCUT2D eigenvalue weighted by Crippen LogP contribution is -2.24. The first-order valence-corrected chi connectivity index (χ1v) is 10.9. The van der Waals surface area contributed by atoms with Crippen LogP contribution >= 0.6 is 11.6 Å². The molecule has 0 bridgehead atoms. The van der Waals surface area contributed by atoms with Crippen molar-refractivity contribution in [3.05, 3.63) is 92.9 Å². The smallest absolute Gasteiger partial charge is 0.417 e. The molecule has 3 aromatic heterocycles. The van der Waals surface area contributed by atoms with Gasteiger partial charge in [-0.2, -0.15) is 27.6 Å². The van der Waals surface area contributed by atoms with Crippen LogP contribution in [0.5, 0.6) is 17.5 Å². The molecule has 0 unspecified atom stereocenters. The van der Waals surface area contributed by atoms with Crippen LogP contribution in [0, 0.1) is 11.6 Å². The molecule has 0 atom stereocenters. The number of halogens is 6. The molecule has 14 heteroatoms. The van der Waals surface area contributed by atoms with E-state index in [9.17, 15) is 26.7 Å². The van der Waals surface area contributed by atoms with E-state index in [-0.39, 0.29) is 25.3 Å². The lowest BCUT2D eigenvalue weighted by atomic mass is 10.2. The first-order chi connectivity index (χ1) is 17.5. The standard InChI is InChI=1S/C23H17ClF5N5O3/c1-33-10-14(9-31-33)11-34-12-19(26)21(32-22(34)35)36-5-4-13-6-18(25)20(30-8-13)37-15-2-3-17(24)16(7-15)23(27,28)29/h2-3,6-10,12H,4-5,11H2,1H3. The summed E-state index contributed by atoms with van der Waals surface area (Å²) in [4.78, 5) is 19.6. The monoisotopic (exact) mass is 541 g/mol. The Morgan fingerprint density at radius 3 is 2.49 bits per heavy atom. The van der Waals surface area contributed by atoms with Crippen LogP contribution in [0.4, 0.5) is 22.0 Å². The minimum absolute atomic E-state index is 0.0588. The van der Waals surface area contributed by atoms with E-state index < -0.39 is 45.8 Å². The SMILES string of the molecule is Cn1cc(Cn2cc(F)c(OCCc3cnc(Oc4ccc(Cl)c(C(F)(F)F)c4)c(F)c3)nc2=O)cn1. The number of hydrogen-bond donors (Lipinski definition) is 0. The highest BCUT2D eigenvalue weighted by Gasteiger charge is 2.33. The number of alkyl halides is 3. The van der Waals surface area contributed by atoms with Crippen LogP contribution in [-0.4, -0.2) is 30.9 Å². The number of aromatic nitrogens is 5. The molecule has 3 heterocycles. The van der Waals surface area contributed by atoms with Gasteiger partial charge in [-0.25, -0.2) is 14.2 Å². The second-order valence-electron chi connectivity index (χ2n) is 7.80. The Kier molecular flexibility index (Phi) is 7.43. The van der Waals surface area contributed by atoms with Gasteiger partial charge >= 0.3 is 11.9 Å². The number of pyridine rings is 1. The molecule has 0 N–H and O–H groups in total. The Morgan fingerprint density at radius 2 is 1.81 bits per heavy atom. The molecule has 0 saturated carbocycles. The predicted molar refractivity (Wildman–Crippen MR) is 121 cm³/mol. The maximum Gasteiger partial charge on any atom is 0.417 e. The van der Waals surface area contributed by atoms with E-state index in [0.717, 1.165) is 29.0 Å². The second-order valence-corrected chi connectivity index (χ2v) is 8.20. The van der Waals surface area contributed by atoms with Crippen molar-refractivity contribution < 1.29 is 31.4 Å². The normalized spacial score (nSPS) is 11.5. The quantitative estimate of drug-likeness (QED) is 0.298. The summed E-state index contributed by atoms with van der Waals surface area (Å²) in [5.74, 6) is -3.17. The third-order valence-corrected chi connectivity index (χ3v) is 5.31. The lowest BCUT2D eigenvalue weighted by molar-refractivity contribution is -0.137. The summed E-state index contributed by atoms with van der Waals surface area (Å²) in [6, 6.07) is 3.81.